The fourth-order valence-corrected chi connectivity index (χ4v) is 2.52. The maximum Gasteiger partial charge on any atom is 0.167 e. The Morgan fingerprint density at radius 1 is 1.60 bits per heavy atom. The number of halogens is 1. The van der Waals surface area contributed by atoms with E-state index in [2.05, 4.69) is 4.98 Å². The molecule has 0 saturated carbocycles. The van der Waals surface area contributed by atoms with Gasteiger partial charge in [0.05, 0.1) is 10.9 Å². The molecule has 0 aliphatic heterocycles. The van der Waals surface area contributed by atoms with E-state index < -0.39 is 0 Å². The lowest BCUT2D eigenvalue weighted by Gasteiger charge is -2.03. The first kappa shape index (κ1) is 10.6. The second-order valence-electron chi connectivity index (χ2n) is 2.95. The minimum Gasteiger partial charge on any atom is -0.387 e. The number of nitrogens with zero attached hydrogens (tertiary/aromatic N) is 2. The molecular formula is C9H8ClN3S2. The molecule has 3 nitrogen and oxygen atoms in total. The molecule has 0 bridgehead atoms. The van der Waals surface area contributed by atoms with Crippen molar-refractivity contribution in [3.8, 4) is 0 Å². The number of hydrogen-bond donors (Lipinski definition) is 1. The summed E-state index contributed by atoms with van der Waals surface area (Å²) in [5.74, 6) is 0.634. The van der Waals surface area contributed by atoms with E-state index in [1.54, 1.807) is 6.20 Å². The number of rotatable bonds is 3. The van der Waals surface area contributed by atoms with Gasteiger partial charge in [0.25, 0.3) is 0 Å². The minimum atomic E-state index is 0.308. The summed E-state index contributed by atoms with van der Waals surface area (Å²) >= 11 is 12.3. The Kier molecular flexibility index (Phi) is 3.04. The summed E-state index contributed by atoms with van der Waals surface area (Å²) in [5.41, 5.74) is 5.54. The second kappa shape index (κ2) is 4.30. The van der Waals surface area contributed by atoms with Crippen molar-refractivity contribution < 1.29 is 0 Å². The van der Waals surface area contributed by atoms with Gasteiger partial charge in [-0.1, -0.05) is 23.8 Å². The summed E-state index contributed by atoms with van der Waals surface area (Å²) in [6.45, 7) is 0.698. The van der Waals surface area contributed by atoms with Crippen LogP contribution in [-0.2, 0) is 6.54 Å². The standard InChI is InChI=1S/C9H8ClN3S2/c10-7-2-1-6(15-7)5-13-4-3-12-9(13)8(11)14/h1-4H,5H2,(H2,11,14). The van der Waals surface area contributed by atoms with Crippen LogP contribution in [0.4, 0.5) is 0 Å². The first-order valence-corrected chi connectivity index (χ1v) is 5.82. The van der Waals surface area contributed by atoms with Crippen molar-refractivity contribution in [2.24, 2.45) is 5.73 Å². The van der Waals surface area contributed by atoms with Crippen molar-refractivity contribution in [2.75, 3.05) is 0 Å². The monoisotopic (exact) mass is 257 g/mol. The molecule has 6 heteroatoms. The van der Waals surface area contributed by atoms with Crippen molar-refractivity contribution in [3.63, 3.8) is 0 Å². The van der Waals surface area contributed by atoms with Gasteiger partial charge in [-0.3, -0.25) is 0 Å². The summed E-state index contributed by atoms with van der Waals surface area (Å²) in [7, 11) is 0. The predicted molar refractivity (Wildman–Crippen MR) is 66.5 cm³/mol. The molecule has 0 unspecified atom stereocenters. The Balaban J connectivity index is 2.24. The third-order valence-electron chi connectivity index (χ3n) is 1.89. The number of thiophene rings is 1. The Morgan fingerprint density at radius 3 is 3.00 bits per heavy atom. The first-order chi connectivity index (χ1) is 7.16. The van der Waals surface area contributed by atoms with Crippen LogP contribution in [0.15, 0.2) is 24.5 Å². The second-order valence-corrected chi connectivity index (χ2v) is 5.19. The summed E-state index contributed by atoms with van der Waals surface area (Å²) in [5, 5.41) is 0. The molecule has 2 heterocycles. The molecule has 0 amide bonds. The molecule has 0 aromatic carbocycles. The van der Waals surface area contributed by atoms with E-state index in [4.69, 9.17) is 29.6 Å². The van der Waals surface area contributed by atoms with Crippen LogP contribution >= 0.6 is 35.2 Å². The molecule has 0 aliphatic rings. The lowest BCUT2D eigenvalue weighted by atomic mass is 10.4. The number of aromatic nitrogens is 2. The largest absolute Gasteiger partial charge is 0.387 e. The highest BCUT2D eigenvalue weighted by atomic mass is 35.5. The average Bonchev–Trinajstić information content (AvgIpc) is 2.75. The van der Waals surface area contributed by atoms with Gasteiger partial charge in [-0.15, -0.1) is 11.3 Å². The smallest absolute Gasteiger partial charge is 0.167 e. The molecule has 0 atom stereocenters. The van der Waals surface area contributed by atoms with Gasteiger partial charge in [-0.25, -0.2) is 4.98 Å². The zero-order valence-electron chi connectivity index (χ0n) is 7.68. The van der Waals surface area contributed by atoms with Crippen LogP contribution < -0.4 is 5.73 Å². The van der Waals surface area contributed by atoms with Crippen molar-refractivity contribution >= 4 is 40.1 Å². The molecule has 2 rings (SSSR count). The molecule has 2 aromatic rings. The highest BCUT2D eigenvalue weighted by molar-refractivity contribution is 7.80. The zero-order valence-corrected chi connectivity index (χ0v) is 10.1. The Bertz CT molecular complexity index is 489. The van der Waals surface area contributed by atoms with E-state index in [0.717, 1.165) is 9.21 Å². The number of hydrogen-bond acceptors (Lipinski definition) is 3. The van der Waals surface area contributed by atoms with Crippen LogP contribution in [0.2, 0.25) is 4.34 Å². The Morgan fingerprint density at radius 2 is 2.40 bits per heavy atom. The molecule has 0 saturated heterocycles. The lowest BCUT2D eigenvalue weighted by molar-refractivity contribution is 0.800. The van der Waals surface area contributed by atoms with E-state index in [1.807, 2.05) is 22.9 Å². The van der Waals surface area contributed by atoms with Crippen molar-refractivity contribution in [1.29, 1.82) is 0 Å². The molecule has 0 radical (unpaired) electrons. The summed E-state index contributed by atoms with van der Waals surface area (Å²) < 4.78 is 2.69. The van der Waals surface area contributed by atoms with Crippen LogP contribution in [0.3, 0.4) is 0 Å². The quantitative estimate of drug-likeness (QED) is 0.858. The molecular weight excluding hydrogens is 250 g/mol. The highest BCUT2D eigenvalue weighted by Crippen LogP contribution is 2.22. The summed E-state index contributed by atoms with van der Waals surface area (Å²) in [6, 6.07) is 3.86. The Labute approximate surface area is 101 Å². The molecule has 2 aromatic heterocycles. The summed E-state index contributed by atoms with van der Waals surface area (Å²) in [4.78, 5) is 5.54. The molecule has 0 spiro atoms. The van der Waals surface area contributed by atoms with E-state index in [0.29, 0.717) is 17.4 Å². The van der Waals surface area contributed by atoms with Crippen molar-refractivity contribution in [1.82, 2.24) is 9.55 Å². The summed E-state index contributed by atoms with van der Waals surface area (Å²) in [6.07, 6.45) is 3.53. The maximum atomic E-state index is 5.85. The van der Waals surface area contributed by atoms with Crippen molar-refractivity contribution in [3.05, 3.63) is 39.6 Å². The molecule has 78 valence electrons. The van der Waals surface area contributed by atoms with E-state index >= 15 is 0 Å². The van der Waals surface area contributed by atoms with E-state index in [9.17, 15) is 0 Å². The number of imidazole rings is 1. The van der Waals surface area contributed by atoms with Crippen LogP contribution in [0, 0.1) is 0 Å². The average molecular weight is 258 g/mol. The molecule has 15 heavy (non-hydrogen) atoms. The van der Waals surface area contributed by atoms with E-state index in [1.165, 1.54) is 11.3 Å². The predicted octanol–water partition coefficient (Wildman–Crippen LogP) is 2.28. The van der Waals surface area contributed by atoms with Gasteiger partial charge in [-0.05, 0) is 12.1 Å². The molecule has 0 aliphatic carbocycles. The topological polar surface area (TPSA) is 43.8 Å². The van der Waals surface area contributed by atoms with Gasteiger partial charge in [0.2, 0.25) is 0 Å². The molecule has 2 N–H and O–H groups in total. The maximum absolute atomic E-state index is 5.85. The number of nitrogens with two attached hydrogens (primary N) is 1. The third kappa shape index (κ3) is 2.37. The van der Waals surface area contributed by atoms with Gasteiger partial charge >= 0.3 is 0 Å². The first-order valence-electron chi connectivity index (χ1n) is 4.22. The van der Waals surface area contributed by atoms with Crippen LogP contribution in [0.25, 0.3) is 0 Å². The fourth-order valence-electron chi connectivity index (χ4n) is 1.27. The van der Waals surface area contributed by atoms with Gasteiger partial charge in [0.15, 0.2) is 5.82 Å². The Hall–Kier alpha value is -0.910. The third-order valence-corrected chi connectivity index (χ3v) is 3.29. The zero-order chi connectivity index (χ0) is 10.8. The van der Waals surface area contributed by atoms with E-state index in [-0.39, 0.29) is 0 Å². The SMILES string of the molecule is NC(=S)c1nccn1Cc1ccc(Cl)s1. The van der Waals surface area contributed by atoms with Crippen LogP contribution in [0.1, 0.15) is 10.7 Å². The fraction of sp³-hybridized carbons (Fsp3) is 0.111. The highest BCUT2D eigenvalue weighted by Gasteiger charge is 2.06. The van der Waals surface area contributed by atoms with Crippen LogP contribution in [0.5, 0.6) is 0 Å². The van der Waals surface area contributed by atoms with Gasteiger partial charge in [0.1, 0.15) is 4.99 Å². The normalized spacial score (nSPS) is 10.5. The van der Waals surface area contributed by atoms with Crippen molar-refractivity contribution in [2.45, 2.75) is 6.54 Å². The minimum absolute atomic E-state index is 0.308. The van der Waals surface area contributed by atoms with Crippen LogP contribution in [-0.4, -0.2) is 14.5 Å². The number of thiocarbonyl (C=S) groups is 1. The van der Waals surface area contributed by atoms with Gasteiger partial charge in [-0.2, -0.15) is 0 Å². The van der Waals surface area contributed by atoms with Gasteiger partial charge in [0, 0.05) is 17.3 Å². The molecule has 0 fully saturated rings. The lowest BCUT2D eigenvalue weighted by Crippen LogP contribution is -2.16. The van der Waals surface area contributed by atoms with Gasteiger partial charge < -0.3 is 10.3 Å².